The number of imidazole rings is 1. The lowest BCUT2D eigenvalue weighted by atomic mass is 10.0. The number of nitrogens with one attached hydrogen (secondary N) is 1. The van der Waals surface area contributed by atoms with Crippen molar-refractivity contribution in [1.29, 1.82) is 0 Å². The van der Waals surface area contributed by atoms with Crippen molar-refractivity contribution in [3.8, 4) is 5.75 Å². The molecule has 4 aromatic rings. The summed E-state index contributed by atoms with van der Waals surface area (Å²) in [6.45, 7) is 6.14. The number of aromatic nitrogens is 4. The van der Waals surface area contributed by atoms with Crippen LogP contribution in [0.25, 0.3) is 0 Å². The Morgan fingerprint density at radius 2 is 1.83 bits per heavy atom. The summed E-state index contributed by atoms with van der Waals surface area (Å²) < 4.78 is 9.73. The van der Waals surface area contributed by atoms with Gasteiger partial charge in [-0.2, -0.15) is 5.10 Å². The summed E-state index contributed by atoms with van der Waals surface area (Å²) in [4.78, 5) is 20.1. The molecule has 1 unspecified atom stereocenters. The second kappa shape index (κ2) is 10.6. The lowest BCUT2D eigenvalue weighted by molar-refractivity contribution is 0.0942. The van der Waals surface area contributed by atoms with Crippen LogP contribution in [0.2, 0.25) is 0 Å². The molecule has 1 amide bonds. The first-order chi connectivity index (χ1) is 17.2. The minimum atomic E-state index is -0.189. The fourth-order valence-corrected chi connectivity index (χ4v) is 4.47. The summed E-state index contributed by atoms with van der Waals surface area (Å²) in [7, 11) is 0. The quantitative estimate of drug-likeness (QED) is 0.379. The van der Waals surface area contributed by atoms with E-state index in [9.17, 15) is 4.79 Å². The van der Waals surface area contributed by atoms with Crippen molar-refractivity contribution in [3.63, 3.8) is 0 Å². The first-order valence-electron chi connectivity index (χ1n) is 12.0. The fourth-order valence-electron chi connectivity index (χ4n) is 4.47. The summed E-state index contributed by atoms with van der Waals surface area (Å²) in [6.07, 6.45) is 5.90. The number of hydrogen-bond acceptors (Lipinski definition) is 5. The lowest BCUT2D eigenvalue weighted by Gasteiger charge is -2.36. The maximum atomic E-state index is 12.9. The van der Waals surface area contributed by atoms with E-state index >= 15 is 0 Å². The first-order valence-corrected chi connectivity index (χ1v) is 12.0. The average Bonchev–Trinajstić information content (AvgIpc) is 3.54. The second-order valence-electron chi connectivity index (χ2n) is 8.58. The van der Waals surface area contributed by atoms with Gasteiger partial charge in [-0.3, -0.25) is 14.4 Å². The van der Waals surface area contributed by atoms with Crippen LogP contribution in [0.5, 0.6) is 5.75 Å². The fraction of sp³-hybridized carbons (Fsp3) is 0.296. The summed E-state index contributed by atoms with van der Waals surface area (Å²) in [5.74, 6) is 1.48. The van der Waals surface area contributed by atoms with Crippen molar-refractivity contribution in [2.24, 2.45) is 0 Å². The Morgan fingerprint density at radius 3 is 2.57 bits per heavy atom. The normalized spacial score (nSPS) is 15.5. The molecule has 2 aromatic heterocycles. The van der Waals surface area contributed by atoms with E-state index in [1.54, 1.807) is 0 Å². The molecule has 35 heavy (non-hydrogen) atoms. The van der Waals surface area contributed by atoms with E-state index in [1.807, 2.05) is 65.6 Å². The van der Waals surface area contributed by atoms with E-state index in [2.05, 4.69) is 45.1 Å². The van der Waals surface area contributed by atoms with Crippen molar-refractivity contribution >= 4 is 5.91 Å². The third kappa shape index (κ3) is 5.27. The summed E-state index contributed by atoms with van der Waals surface area (Å²) in [6, 6.07) is 19.9. The van der Waals surface area contributed by atoms with E-state index in [0.717, 1.165) is 43.3 Å². The molecule has 1 aliphatic rings. The monoisotopic (exact) mass is 470 g/mol. The van der Waals surface area contributed by atoms with Gasteiger partial charge in [-0.15, -0.1) is 0 Å². The molecule has 5 rings (SSSR count). The maximum absolute atomic E-state index is 12.9. The van der Waals surface area contributed by atoms with Gasteiger partial charge in [0.05, 0.1) is 18.8 Å². The highest BCUT2D eigenvalue weighted by atomic mass is 16.5. The minimum absolute atomic E-state index is 0.0436. The Balaban J connectivity index is 1.31. The average molecular weight is 471 g/mol. The topological polar surface area (TPSA) is 77.2 Å². The van der Waals surface area contributed by atoms with Gasteiger partial charge in [-0.25, -0.2) is 4.98 Å². The Bertz CT molecular complexity index is 1250. The van der Waals surface area contributed by atoms with Gasteiger partial charge in [0, 0.05) is 44.1 Å². The zero-order valence-electron chi connectivity index (χ0n) is 19.9. The van der Waals surface area contributed by atoms with E-state index in [0.29, 0.717) is 18.8 Å². The third-order valence-electron chi connectivity index (χ3n) is 6.19. The van der Waals surface area contributed by atoms with Gasteiger partial charge in [0.1, 0.15) is 23.9 Å². The predicted octanol–water partition coefficient (Wildman–Crippen LogP) is 3.51. The van der Waals surface area contributed by atoms with Gasteiger partial charge in [-0.1, -0.05) is 48.5 Å². The number of nitrogens with zero attached hydrogens (tertiary/aromatic N) is 5. The smallest absolute Gasteiger partial charge is 0.271 e. The largest absolute Gasteiger partial charge is 0.492 e. The van der Waals surface area contributed by atoms with Crippen LogP contribution >= 0.6 is 0 Å². The van der Waals surface area contributed by atoms with Gasteiger partial charge < -0.3 is 14.6 Å². The Labute approximate surface area is 205 Å². The van der Waals surface area contributed by atoms with Gasteiger partial charge in [0.2, 0.25) is 0 Å². The zero-order valence-corrected chi connectivity index (χ0v) is 19.9. The van der Waals surface area contributed by atoms with Crippen LogP contribution in [-0.4, -0.2) is 49.8 Å². The predicted molar refractivity (Wildman–Crippen MR) is 133 cm³/mol. The molecule has 2 aromatic carbocycles. The summed E-state index contributed by atoms with van der Waals surface area (Å²) >= 11 is 0. The van der Waals surface area contributed by atoms with Crippen molar-refractivity contribution in [1.82, 2.24) is 29.5 Å². The number of rotatable bonds is 9. The highest BCUT2D eigenvalue weighted by Crippen LogP contribution is 2.32. The standard InChI is InChI=1S/C27H30N6O2/c1-2-33-19-21(17-29-33)18-31-14-15-32-20-24(30-26(32)25(31)22-9-5-3-6-10-22)27(34)28-13-16-35-23-11-7-4-8-12-23/h3-12,17,19-20,25H,2,13-16,18H2,1H3,(H,28,34). The molecule has 0 saturated carbocycles. The maximum Gasteiger partial charge on any atom is 0.271 e. The summed E-state index contributed by atoms with van der Waals surface area (Å²) in [5, 5.41) is 7.36. The zero-order chi connectivity index (χ0) is 24.0. The molecule has 8 heteroatoms. The van der Waals surface area contributed by atoms with Crippen LogP contribution < -0.4 is 10.1 Å². The van der Waals surface area contributed by atoms with E-state index < -0.39 is 0 Å². The van der Waals surface area contributed by atoms with Gasteiger partial charge >= 0.3 is 0 Å². The second-order valence-corrected chi connectivity index (χ2v) is 8.58. The van der Waals surface area contributed by atoms with Crippen LogP contribution in [0.15, 0.2) is 79.3 Å². The van der Waals surface area contributed by atoms with Crippen LogP contribution in [0.4, 0.5) is 0 Å². The van der Waals surface area contributed by atoms with Gasteiger partial charge in [0.25, 0.3) is 5.91 Å². The van der Waals surface area contributed by atoms with Crippen molar-refractivity contribution in [2.45, 2.75) is 32.6 Å². The number of amides is 1. The number of ether oxygens (including phenoxy) is 1. The molecular formula is C27H30N6O2. The number of aryl methyl sites for hydroxylation is 1. The first kappa shape index (κ1) is 22.9. The molecular weight excluding hydrogens is 440 g/mol. The molecule has 0 saturated heterocycles. The number of benzene rings is 2. The minimum Gasteiger partial charge on any atom is -0.492 e. The van der Waals surface area contributed by atoms with Crippen LogP contribution in [0.1, 0.15) is 40.4 Å². The number of carbonyl (C=O) groups is 1. The molecule has 8 nitrogen and oxygen atoms in total. The highest BCUT2D eigenvalue weighted by Gasteiger charge is 2.32. The molecule has 0 bridgehead atoms. The van der Waals surface area contributed by atoms with E-state index in [4.69, 9.17) is 9.72 Å². The molecule has 3 heterocycles. The highest BCUT2D eigenvalue weighted by molar-refractivity contribution is 5.92. The van der Waals surface area contributed by atoms with Crippen LogP contribution in [-0.2, 0) is 19.6 Å². The molecule has 180 valence electrons. The van der Waals surface area contributed by atoms with Crippen LogP contribution in [0, 0.1) is 0 Å². The van der Waals surface area contributed by atoms with E-state index in [-0.39, 0.29) is 11.9 Å². The molecule has 1 aliphatic heterocycles. The van der Waals surface area contributed by atoms with E-state index in [1.165, 1.54) is 5.56 Å². The van der Waals surface area contributed by atoms with Crippen molar-refractivity contribution in [3.05, 3.63) is 102 Å². The number of fused-ring (bicyclic) bond motifs is 1. The van der Waals surface area contributed by atoms with Gasteiger partial charge in [0.15, 0.2) is 0 Å². The SMILES string of the molecule is CCn1cc(CN2CCn3cc(C(=O)NCCOc4ccccc4)nc3C2c2ccccc2)cn1. The summed E-state index contributed by atoms with van der Waals surface area (Å²) in [5.41, 5.74) is 2.76. The Kier molecular flexibility index (Phi) is 6.90. The molecule has 1 N–H and O–H groups in total. The number of para-hydroxylation sites is 1. The third-order valence-corrected chi connectivity index (χ3v) is 6.19. The van der Waals surface area contributed by atoms with Gasteiger partial charge in [-0.05, 0) is 24.6 Å². The molecule has 0 fully saturated rings. The van der Waals surface area contributed by atoms with Crippen molar-refractivity contribution in [2.75, 3.05) is 19.7 Å². The molecule has 0 aliphatic carbocycles. The van der Waals surface area contributed by atoms with Crippen molar-refractivity contribution < 1.29 is 9.53 Å². The number of carbonyl (C=O) groups excluding carboxylic acids is 1. The molecule has 0 spiro atoms. The molecule has 0 radical (unpaired) electrons. The Hall–Kier alpha value is -3.91. The lowest BCUT2D eigenvalue weighted by Crippen LogP contribution is -2.38. The Morgan fingerprint density at radius 1 is 1.06 bits per heavy atom. The van der Waals surface area contributed by atoms with Crippen LogP contribution in [0.3, 0.4) is 0 Å². The molecule has 1 atom stereocenters. The number of hydrogen-bond donors (Lipinski definition) is 1.